The van der Waals surface area contributed by atoms with E-state index in [0.29, 0.717) is 0 Å². The fourth-order valence-corrected chi connectivity index (χ4v) is 3.64. The van der Waals surface area contributed by atoms with E-state index in [4.69, 9.17) is 16.9 Å². The zero-order chi connectivity index (χ0) is 15.5. The van der Waals surface area contributed by atoms with E-state index in [9.17, 15) is 8.42 Å². The zero-order valence-electron chi connectivity index (χ0n) is 11.2. The third-order valence-electron chi connectivity index (χ3n) is 2.98. The van der Waals surface area contributed by atoms with Crippen LogP contribution in [0.25, 0.3) is 0 Å². The van der Waals surface area contributed by atoms with Gasteiger partial charge in [0.15, 0.2) is 0 Å². The van der Waals surface area contributed by atoms with E-state index in [2.05, 4.69) is 4.72 Å². The lowest BCUT2D eigenvalue weighted by Crippen LogP contribution is -2.27. The van der Waals surface area contributed by atoms with E-state index in [1.807, 2.05) is 36.4 Å². The highest BCUT2D eigenvalue weighted by Crippen LogP contribution is 2.24. The van der Waals surface area contributed by atoms with Crippen LogP contribution in [0.3, 0.4) is 0 Å². The number of halogens is 1. The maximum Gasteiger partial charge on any atom is 0.242 e. The molecule has 2 rings (SSSR count). The molecule has 0 aliphatic carbocycles. The van der Waals surface area contributed by atoms with Crippen molar-refractivity contribution in [2.24, 2.45) is 0 Å². The highest BCUT2D eigenvalue weighted by Gasteiger charge is 2.21. The molecule has 0 heterocycles. The summed E-state index contributed by atoms with van der Waals surface area (Å²) in [6.07, 6.45) is 0. The van der Waals surface area contributed by atoms with Crippen LogP contribution in [0.4, 0.5) is 0 Å². The molecular weight excluding hydrogens is 308 g/mol. The summed E-state index contributed by atoms with van der Waals surface area (Å²) in [5.41, 5.74) is 1.08. The van der Waals surface area contributed by atoms with E-state index in [0.717, 1.165) is 5.56 Å². The molecule has 2 aromatic rings. The van der Waals surface area contributed by atoms with Gasteiger partial charge in [0.2, 0.25) is 10.0 Å². The molecule has 21 heavy (non-hydrogen) atoms. The van der Waals surface area contributed by atoms with Gasteiger partial charge in [-0.15, -0.1) is 0 Å². The Bertz CT molecular complexity index is 783. The Morgan fingerprint density at radius 3 is 2.48 bits per heavy atom. The number of nitriles is 1. The molecule has 108 valence electrons. The Hall–Kier alpha value is -1.87. The van der Waals surface area contributed by atoms with Crippen LogP contribution in [0.5, 0.6) is 0 Å². The lowest BCUT2D eigenvalue weighted by molar-refractivity contribution is 0.567. The van der Waals surface area contributed by atoms with Gasteiger partial charge in [0.25, 0.3) is 0 Å². The van der Waals surface area contributed by atoms with Gasteiger partial charge in [0.05, 0.1) is 16.7 Å². The van der Waals surface area contributed by atoms with Crippen LogP contribution in [0.2, 0.25) is 5.02 Å². The molecule has 0 unspecified atom stereocenters. The maximum atomic E-state index is 12.4. The molecule has 1 atom stereocenters. The van der Waals surface area contributed by atoms with Gasteiger partial charge >= 0.3 is 0 Å². The molecule has 4 nitrogen and oxygen atoms in total. The number of benzene rings is 2. The number of rotatable bonds is 4. The van der Waals surface area contributed by atoms with Crippen molar-refractivity contribution in [1.82, 2.24) is 4.72 Å². The largest absolute Gasteiger partial charge is 0.242 e. The smallest absolute Gasteiger partial charge is 0.207 e. The predicted octanol–water partition coefficient (Wildman–Crippen LogP) is 3.25. The van der Waals surface area contributed by atoms with Crippen molar-refractivity contribution in [3.63, 3.8) is 0 Å². The minimum Gasteiger partial charge on any atom is -0.207 e. The van der Waals surface area contributed by atoms with Crippen molar-refractivity contribution in [2.45, 2.75) is 17.9 Å². The van der Waals surface area contributed by atoms with Crippen molar-refractivity contribution in [1.29, 1.82) is 5.26 Å². The molecule has 0 bridgehead atoms. The molecule has 1 N–H and O–H groups in total. The Labute approximate surface area is 129 Å². The van der Waals surface area contributed by atoms with Gasteiger partial charge in [-0.1, -0.05) is 41.9 Å². The molecule has 0 saturated heterocycles. The Balaban J connectivity index is 2.33. The molecule has 0 aliphatic heterocycles. The summed E-state index contributed by atoms with van der Waals surface area (Å²) >= 11 is 5.94. The van der Waals surface area contributed by atoms with Crippen LogP contribution in [0, 0.1) is 11.3 Å². The average Bonchev–Trinajstić information content (AvgIpc) is 2.48. The quantitative estimate of drug-likeness (QED) is 0.940. The summed E-state index contributed by atoms with van der Waals surface area (Å²) in [6.45, 7) is 1.74. The maximum absolute atomic E-state index is 12.4. The molecule has 0 amide bonds. The molecule has 2 aromatic carbocycles. The van der Waals surface area contributed by atoms with Crippen LogP contribution < -0.4 is 4.72 Å². The van der Waals surface area contributed by atoms with Crippen LogP contribution in [-0.4, -0.2) is 8.42 Å². The van der Waals surface area contributed by atoms with Crippen molar-refractivity contribution in [3.8, 4) is 6.07 Å². The van der Waals surface area contributed by atoms with Crippen molar-refractivity contribution < 1.29 is 8.42 Å². The molecule has 0 saturated carbocycles. The third kappa shape index (κ3) is 3.61. The minimum atomic E-state index is -3.80. The molecule has 0 aliphatic rings. The van der Waals surface area contributed by atoms with E-state index in [1.165, 1.54) is 18.2 Å². The number of hydrogen-bond acceptors (Lipinski definition) is 3. The van der Waals surface area contributed by atoms with Crippen LogP contribution in [0.15, 0.2) is 53.4 Å². The van der Waals surface area contributed by atoms with Gasteiger partial charge in [0.1, 0.15) is 4.90 Å². The lowest BCUT2D eigenvalue weighted by Gasteiger charge is -2.15. The first kappa shape index (κ1) is 15.5. The molecule has 0 fully saturated rings. The number of sulfonamides is 1. The highest BCUT2D eigenvalue weighted by atomic mass is 35.5. The van der Waals surface area contributed by atoms with Gasteiger partial charge in [-0.05, 0) is 30.7 Å². The number of nitrogens with one attached hydrogen (secondary N) is 1. The molecule has 6 heteroatoms. The molecule has 0 aromatic heterocycles. The fourth-order valence-electron chi connectivity index (χ4n) is 1.88. The summed E-state index contributed by atoms with van der Waals surface area (Å²) in [6, 6.07) is 14.8. The Kier molecular flexibility index (Phi) is 4.63. The normalized spacial score (nSPS) is 12.6. The Morgan fingerprint density at radius 1 is 1.19 bits per heavy atom. The summed E-state index contributed by atoms with van der Waals surface area (Å²) < 4.78 is 27.4. The summed E-state index contributed by atoms with van der Waals surface area (Å²) in [7, 11) is -3.80. The number of hydrogen-bond donors (Lipinski definition) is 1. The van der Waals surface area contributed by atoms with Gasteiger partial charge in [-0.2, -0.15) is 5.26 Å². The first-order valence-electron chi connectivity index (χ1n) is 6.21. The van der Waals surface area contributed by atoms with E-state index >= 15 is 0 Å². The van der Waals surface area contributed by atoms with E-state index < -0.39 is 16.1 Å². The zero-order valence-corrected chi connectivity index (χ0v) is 12.8. The first-order chi connectivity index (χ1) is 9.94. The predicted molar refractivity (Wildman–Crippen MR) is 81.3 cm³/mol. The van der Waals surface area contributed by atoms with Gasteiger partial charge in [-0.25, -0.2) is 13.1 Å². The highest BCUT2D eigenvalue weighted by molar-refractivity contribution is 7.89. The SMILES string of the molecule is C[C@H](NS(=O)(=O)c1cc(C#N)ccc1Cl)c1ccccc1. The van der Waals surface area contributed by atoms with Gasteiger partial charge in [-0.3, -0.25) is 0 Å². The summed E-state index contributed by atoms with van der Waals surface area (Å²) in [5.74, 6) is 0. The number of nitrogens with zero attached hydrogens (tertiary/aromatic N) is 1. The fraction of sp³-hybridized carbons (Fsp3) is 0.133. The summed E-state index contributed by atoms with van der Waals surface area (Å²) in [5, 5.41) is 8.96. The van der Waals surface area contributed by atoms with E-state index in [-0.39, 0.29) is 15.5 Å². The van der Waals surface area contributed by atoms with Crippen LogP contribution >= 0.6 is 11.6 Å². The Morgan fingerprint density at radius 2 is 1.86 bits per heavy atom. The van der Waals surface area contributed by atoms with Crippen LogP contribution in [-0.2, 0) is 10.0 Å². The van der Waals surface area contributed by atoms with Crippen LogP contribution in [0.1, 0.15) is 24.1 Å². The molecule has 0 radical (unpaired) electrons. The van der Waals surface area contributed by atoms with Gasteiger partial charge < -0.3 is 0 Å². The van der Waals surface area contributed by atoms with E-state index in [1.54, 1.807) is 6.92 Å². The minimum absolute atomic E-state index is 0.0850. The third-order valence-corrected chi connectivity index (χ3v) is 5.00. The standard InChI is InChI=1S/C15H13ClN2O2S/c1-11(13-5-3-2-4-6-13)18-21(19,20)15-9-12(10-17)7-8-14(15)16/h2-9,11,18H,1H3/t11-/m0/s1. The lowest BCUT2D eigenvalue weighted by atomic mass is 10.1. The second kappa shape index (κ2) is 6.27. The van der Waals surface area contributed by atoms with Crippen molar-refractivity contribution in [3.05, 3.63) is 64.7 Å². The summed E-state index contributed by atoms with van der Waals surface area (Å²) in [4.78, 5) is -0.0917. The van der Waals surface area contributed by atoms with Gasteiger partial charge in [0, 0.05) is 6.04 Å². The topological polar surface area (TPSA) is 70.0 Å². The second-order valence-corrected chi connectivity index (χ2v) is 6.60. The van der Waals surface area contributed by atoms with Crippen molar-refractivity contribution >= 4 is 21.6 Å². The first-order valence-corrected chi connectivity index (χ1v) is 8.07. The van der Waals surface area contributed by atoms with Crippen molar-refractivity contribution in [2.75, 3.05) is 0 Å². The molecular formula is C15H13ClN2O2S. The average molecular weight is 321 g/mol. The molecule has 0 spiro atoms. The second-order valence-electron chi connectivity index (χ2n) is 4.51. The monoisotopic (exact) mass is 320 g/mol.